The molecule has 2 aliphatic rings. The van der Waals surface area contributed by atoms with E-state index in [4.69, 9.17) is 16.9 Å². The maximum atomic E-state index is 12.5. The Hall–Kier alpha value is -2.32. The molecule has 6 heteroatoms. The van der Waals surface area contributed by atoms with Gasteiger partial charge in [0.25, 0.3) is 0 Å². The van der Waals surface area contributed by atoms with E-state index in [9.17, 15) is 4.79 Å². The van der Waals surface area contributed by atoms with Crippen LogP contribution in [-0.4, -0.2) is 36.2 Å². The van der Waals surface area contributed by atoms with E-state index >= 15 is 0 Å². The van der Waals surface area contributed by atoms with Crippen molar-refractivity contribution in [3.8, 4) is 6.19 Å². The third kappa shape index (κ3) is 3.22. The summed E-state index contributed by atoms with van der Waals surface area (Å²) in [5, 5.41) is 11.9. The molecule has 0 radical (unpaired) electrons. The monoisotopic (exact) mass is 328 g/mol. The van der Waals surface area contributed by atoms with Crippen LogP contribution < -0.4 is 5.32 Å². The highest BCUT2D eigenvalue weighted by Gasteiger charge is 2.36. The summed E-state index contributed by atoms with van der Waals surface area (Å²) in [4.78, 5) is 18.6. The molecule has 1 saturated carbocycles. The van der Waals surface area contributed by atoms with Crippen molar-refractivity contribution in [2.75, 3.05) is 13.6 Å². The fraction of sp³-hybridized carbons (Fsp3) is 0.353. The Balaban J connectivity index is 1.64. The van der Waals surface area contributed by atoms with Crippen molar-refractivity contribution in [3.05, 3.63) is 46.6 Å². The van der Waals surface area contributed by atoms with Gasteiger partial charge in [0.15, 0.2) is 6.19 Å². The second-order valence-electron chi connectivity index (χ2n) is 5.87. The number of benzene rings is 1. The molecule has 118 valence electrons. The zero-order valence-electron chi connectivity index (χ0n) is 12.8. The molecule has 5 nitrogen and oxygen atoms in total. The van der Waals surface area contributed by atoms with E-state index in [2.05, 4.69) is 10.3 Å². The second-order valence-corrected chi connectivity index (χ2v) is 6.30. The number of allylic oxidation sites excluding steroid dienone is 1. The number of carbonyl (C=O) groups is 1. The summed E-state index contributed by atoms with van der Waals surface area (Å²) in [6.45, 7) is 0.497. The Bertz CT molecular complexity index is 728. The SMILES string of the molecule is CN(C(=O)C1CC(NC#N)C1)C1=CC(c2cccc(Cl)c2)=NC1. The minimum absolute atomic E-state index is 0.0121. The smallest absolute Gasteiger partial charge is 0.229 e. The van der Waals surface area contributed by atoms with Crippen molar-refractivity contribution in [2.24, 2.45) is 10.9 Å². The van der Waals surface area contributed by atoms with Crippen molar-refractivity contribution in [2.45, 2.75) is 18.9 Å². The molecule has 0 spiro atoms. The van der Waals surface area contributed by atoms with E-state index in [1.165, 1.54) is 0 Å². The first-order valence-electron chi connectivity index (χ1n) is 7.51. The van der Waals surface area contributed by atoms with Gasteiger partial charge in [-0.1, -0.05) is 23.7 Å². The van der Waals surface area contributed by atoms with Gasteiger partial charge in [-0.3, -0.25) is 9.79 Å². The topological polar surface area (TPSA) is 68.5 Å². The molecule has 1 amide bonds. The number of hydrogen-bond acceptors (Lipinski definition) is 4. The van der Waals surface area contributed by atoms with Gasteiger partial charge in [-0.2, -0.15) is 5.26 Å². The summed E-state index contributed by atoms with van der Waals surface area (Å²) >= 11 is 6.01. The number of nitrogens with zero attached hydrogens (tertiary/aromatic N) is 3. The lowest BCUT2D eigenvalue weighted by atomic mass is 9.79. The molecular weight excluding hydrogens is 312 g/mol. The lowest BCUT2D eigenvalue weighted by Crippen LogP contribution is -2.46. The van der Waals surface area contributed by atoms with E-state index in [-0.39, 0.29) is 17.9 Å². The van der Waals surface area contributed by atoms with Crippen LogP contribution in [0, 0.1) is 17.4 Å². The predicted octanol–water partition coefficient (Wildman–Crippen LogP) is 2.33. The van der Waals surface area contributed by atoms with Crippen molar-refractivity contribution >= 4 is 23.2 Å². The molecule has 3 rings (SSSR count). The molecular formula is C17H17ClN4O. The largest absolute Gasteiger partial charge is 0.321 e. The molecule has 1 N–H and O–H groups in total. The first-order valence-corrected chi connectivity index (χ1v) is 7.89. The van der Waals surface area contributed by atoms with Crippen LogP contribution in [0.5, 0.6) is 0 Å². The number of hydrogen-bond donors (Lipinski definition) is 1. The lowest BCUT2D eigenvalue weighted by Gasteiger charge is -2.35. The van der Waals surface area contributed by atoms with E-state index in [0.717, 1.165) is 17.0 Å². The van der Waals surface area contributed by atoms with Gasteiger partial charge in [0.05, 0.1) is 12.3 Å². The number of carbonyl (C=O) groups excluding carboxylic acids is 1. The van der Waals surface area contributed by atoms with Gasteiger partial charge >= 0.3 is 0 Å². The van der Waals surface area contributed by atoms with Gasteiger partial charge < -0.3 is 10.2 Å². The summed E-state index contributed by atoms with van der Waals surface area (Å²) in [5.41, 5.74) is 2.69. The minimum Gasteiger partial charge on any atom is -0.321 e. The fourth-order valence-electron chi connectivity index (χ4n) is 2.88. The quantitative estimate of drug-likeness (QED) is 0.681. The van der Waals surface area contributed by atoms with Crippen molar-refractivity contribution < 1.29 is 4.79 Å². The van der Waals surface area contributed by atoms with E-state index in [1.807, 2.05) is 36.5 Å². The molecule has 1 heterocycles. The van der Waals surface area contributed by atoms with E-state index < -0.39 is 0 Å². The van der Waals surface area contributed by atoms with Crippen molar-refractivity contribution in [1.82, 2.24) is 10.2 Å². The van der Waals surface area contributed by atoms with Crippen LogP contribution in [0.2, 0.25) is 5.02 Å². The van der Waals surface area contributed by atoms with Crippen molar-refractivity contribution in [1.29, 1.82) is 5.26 Å². The predicted molar refractivity (Wildman–Crippen MR) is 89.0 cm³/mol. The van der Waals surface area contributed by atoms with Crippen LogP contribution >= 0.6 is 11.6 Å². The fourth-order valence-corrected chi connectivity index (χ4v) is 3.07. The molecule has 1 aliphatic carbocycles. The minimum atomic E-state index is -0.0121. The average molecular weight is 329 g/mol. The van der Waals surface area contributed by atoms with E-state index in [0.29, 0.717) is 24.4 Å². The number of amides is 1. The average Bonchev–Trinajstić information content (AvgIpc) is 2.99. The normalized spacial score (nSPS) is 22.5. The highest BCUT2D eigenvalue weighted by Crippen LogP contribution is 2.30. The van der Waals surface area contributed by atoms with Crippen LogP contribution in [0.4, 0.5) is 0 Å². The zero-order valence-corrected chi connectivity index (χ0v) is 13.5. The number of rotatable bonds is 4. The summed E-state index contributed by atoms with van der Waals surface area (Å²) in [5.74, 6) is 0.0803. The molecule has 0 atom stereocenters. The molecule has 23 heavy (non-hydrogen) atoms. The first-order chi connectivity index (χ1) is 11.1. The molecule has 1 aromatic rings. The summed E-state index contributed by atoms with van der Waals surface area (Å²) in [6.07, 6.45) is 5.29. The van der Waals surface area contributed by atoms with Crippen LogP contribution in [0.15, 0.2) is 41.0 Å². The number of nitriles is 1. The van der Waals surface area contributed by atoms with Crippen molar-refractivity contribution in [3.63, 3.8) is 0 Å². The summed E-state index contributed by atoms with van der Waals surface area (Å²) in [7, 11) is 1.79. The second kappa shape index (κ2) is 6.43. The van der Waals surface area contributed by atoms with Gasteiger partial charge in [0, 0.05) is 35.3 Å². The lowest BCUT2D eigenvalue weighted by molar-refractivity contribution is -0.135. The Morgan fingerprint density at radius 2 is 2.26 bits per heavy atom. The van der Waals surface area contributed by atoms with Gasteiger partial charge in [-0.15, -0.1) is 0 Å². The highest BCUT2D eigenvalue weighted by molar-refractivity contribution is 6.31. The van der Waals surface area contributed by atoms with Crippen LogP contribution in [0.25, 0.3) is 0 Å². The molecule has 0 unspecified atom stereocenters. The summed E-state index contributed by atoms with van der Waals surface area (Å²) < 4.78 is 0. The molecule has 1 aromatic carbocycles. The maximum Gasteiger partial charge on any atom is 0.229 e. The number of aliphatic imine (C=N–C) groups is 1. The van der Waals surface area contributed by atoms with Gasteiger partial charge in [-0.25, -0.2) is 0 Å². The standard InChI is InChI=1S/C17H17ClN4O/c1-22(17(23)12-6-14(7-12)21-10-19)15-8-16(20-9-15)11-3-2-4-13(18)5-11/h2-5,8,12,14,21H,6-7,9H2,1H3. The molecule has 0 bridgehead atoms. The van der Waals surface area contributed by atoms with Crippen LogP contribution in [0.3, 0.4) is 0 Å². The van der Waals surface area contributed by atoms with Gasteiger partial charge in [-0.05, 0) is 31.1 Å². The third-order valence-electron chi connectivity index (χ3n) is 4.35. The Kier molecular flexibility index (Phi) is 4.35. The Morgan fingerprint density at radius 3 is 2.96 bits per heavy atom. The molecule has 0 aromatic heterocycles. The Labute approximate surface area is 140 Å². The number of likely N-dealkylation sites (N-methyl/N-ethyl adjacent to an activating group) is 1. The van der Waals surface area contributed by atoms with Gasteiger partial charge in [0.1, 0.15) is 0 Å². The number of nitrogens with one attached hydrogen (secondary N) is 1. The zero-order chi connectivity index (χ0) is 16.4. The van der Waals surface area contributed by atoms with Crippen LogP contribution in [-0.2, 0) is 4.79 Å². The number of halogens is 1. The third-order valence-corrected chi connectivity index (χ3v) is 4.59. The summed E-state index contributed by atoms with van der Waals surface area (Å²) in [6, 6.07) is 7.67. The first kappa shape index (κ1) is 15.6. The molecule has 1 aliphatic heterocycles. The Morgan fingerprint density at radius 1 is 1.48 bits per heavy atom. The van der Waals surface area contributed by atoms with E-state index in [1.54, 1.807) is 11.9 Å². The van der Waals surface area contributed by atoms with Gasteiger partial charge in [0.2, 0.25) is 5.91 Å². The molecule has 1 fully saturated rings. The molecule has 0 saturated heterocycles. The van der Waals surface area contributed by atoms with Crippen LogP contribution in [0.1, 0.15) is 18.4 Å². The highest BCUT2D eigenvalue weighted by atomic mass is 35.5. The maximum absolute atomic E-state index is 12.5.